The van der Waals surface area contributed by atoms with E-state index in [-0.39, 0.29) is 7.43 Å². The molecule has 0 bridgehead atoms. The fourth-order valence-corrected chi connectivity index (χ4v) is 0. The Bertz CT molecular complexity index is 45.5. The molecule has 0 rings (SSSR count). The second kappa shape index (κ2) is 4.47. The normalized spacial score (nSPS) is 10.0. The van der Waals surface area contributed by atoms with E-state index in [2.05, 4.69) is 0 Å². The van der Waals surface area contributed by atoms with Crippen molar-refractivity contribution in [2.24, 2.45) is 0 Å². The zero-order chi connectivity index (χ0) is 4.28. The molecule has 0 radical (unpaired) electrons. The molecule has 0 aromatic carbocycles. The Morgan fingerprint density at radius 2 is 1.83 bits per heavy atom. The molecule has 0 aliphatic carbocycles. The van der Waals surface area contributed by atoms with Gasteiger partial charge in [-0.15, -0.1) is 0 Å². The predicted molar refractivity (Wildman–Crippen MR) is 28.0 cm³/mol. The highest BCUT2D eigenvalue weighted by Gasteiger charge is 1.57. The second-order valence-corrected chi connectivity index (χ2v) is 0.804. The summed E-state index contributed by atoms with van der Waals surface area (Å²) in [4.78, 5) is 0. The van der Waals surface area contributed by atoms with E-state index < -0.39 is 0 Å². The molecule has 0 saturated carbocycles. The van der Waals surface area contributed by atoms with Crippen molar-refractivity contribution in [3.8, 4) is 0 Å². The number of hydrogen-bond acceptors (Lipinski definition) is 1. The quantitative estimate of drug-likeness (QED) is 0.187. The fourth-order valence-electron chi connectivity index (χ4n) is 0. The van der Waals surface area contributed by atoms with Crippen LogP contribution in [-0.2, 0) is 0 Å². The number of rotatable bonds is 0. The third-order valence-electron chi connectivity index (χ3n) is 0.364. The highest BCUT2D eigenvalue weighted by atomic mass is 16.5. The zero-order valence-corrected chi connectivity index (χ0v) is 3.43. The molecule has 0 heterocycles. The van der Waals surface area contributed by atoms with Gasteiger partial charge < -0.3 is 5.21 Å². The van der Waals surface area contributed by atoms with Crippen molar-refractivity contribution in [1.82, 2.24) is 0 Å². The van der Waals surface area contributed by atoms with Crippen molar-refractivity contribution < 1.29 is 4.74 Å². The van der Waals surface area contributed by atoms with Crippen LogP contribution in [0, 0.1) is 5.21 Å². The Labute approximate surface area is 38.7 Å². The molecule has 2 nitrogen and oxygen atoms in total. The minimum absolute atomic E-state index is 0. The van der Waals surface area contributed by atoms with Crippen LogP contribution in [-0.4, -0.2) is 18.0 Å². The van der Waals surface area contributed by atoms with Crippen molar-refractivity contribution in [2.45, 2.75) is 14.4 Å². The average Bonchev–Trinajstić information content (AvgIpc) is 1.38. The maximum absolute atomic E-state index is 9.67. The lowest BCUT2D eigenvalue weighted by Crippen LogP contribution is -1.89. The standard InChI is InChI=1S/C3H7NO.CH4/c1-3-4(2)5;/h3H,1-2H3;1H4. The summed E-state index contributed by atoms with van der Waals surface area (Å²) in [5, 5.41) is 9.67. The summed E-state index contributed by atoms with van der Waals surface area (Å²) >= 11 is 0. The molecule has 0 spiro atoms. The summed E-state index contributed by atoms with van der Waals surface area (Å²) in [7, 11) is 1.44. The minimum Gasteiger partial charge on any atom is -0.624 e. The van der Waals surface area contributed by atoms with Gasteiger partial charge in [-0.1, -0.05) is 7.43 Å². The van der Waals surface area contributed by atoms with E-state index >= 15 is 0 Å². The maximum atomic E-state index is 9.67. The van der Waals surface area contributed by atoms with Crippen LogP contribution in [0.15, 0.2) is 0 Å². The van der Waals surface area contributed by atoms with Gasteiger partial charge in [0, 0.05) is 6.92 Å². The van der Waals surface area contributed by atoms with Gasteiger partial charge in [0.2, 0.25) is 0 Å². The Morgan fingerprint density at radius 3 is 1.83 bits per heavy atom. The summed E-state index contributed by atoms with van der Waals surface area (Å²) in [6, 6.07) is 0. The molecular weight excluding hydrogens is 78.0 g/mol. The van der Waals surface area contributed by atoms with Crippen LogP contribution in [0.5, 0.6) is 0 Å². The first-order valence-electron chi connectivity index (χ1n) is 1.47. The van der Waals surface area contributed by atoms with Crippen LogP contribution in [0.2, 0.25) is 0 Å². The lowest BCUT2D eigenvalue weighted by molar-refractivity contribution is -0.417. The van der Waals surface area contributed by atoms with Crippen LogP contribution in [0.4, 0.5) is 0 Å². The molecule has 2 heteroatoms. The molecule has 0 atom stereocenters. The number of nitrogens with zero attached hydrogens (tertiary/aromatic N) is 1. The Morgan fingerprint density at radius 1 is 1.67 bits per heavy atom. The van der Waals surface area contributed by atoms with Gasteiger partial charge in [0.25, 0.3) is 0 Å². The first kappa shape index (κ1) is 9.08. The van der Waals surface area contributed by atoms with Crippen molar-refractivity contribution in [3.63, 3.8) is 0 Å². The van der Waals surface area contributed by atoms with Gasteiger partial charge in [-0.2, -0.15) is 0 Å². The maximum Gasteiger partial charge on any atom is 0.147 e. The molecule has 0 aromatic heterocycles. The summed E-state index contributed by atoms with van der Waals surface area (Å²) in [6.45, 7) is 1.69. The van der Waals surface area contributed by atoms with E-state index in [1.165, 1.54) is 13.3 Å². The zero-order valence-electron chi connectivity index (χ0n) is 3.43. The van der Waals surface area contributed by atoms with Gasteiger partial charge in [0.1, 0.15) is 13.3 Å². The molecule has 6 heavy (non-hydrogen) atoms. The first-order valence-corrected chi connectivity index (χ1v) is 1.47. The minimum atomic E-state index is 0. The first-order chi connectivity index (χ1) is 2.27. The van der Waals surface area contributed by atoms with Crippen LogP contribution in [0.1, 0.15) is 14.4 Å². The second-order valence-electron chi connectivity index (χ2n) is 0.804. The van der Waals surface area contributed by atoms with Gasteiger partial charge >= 0.3 is 0 Å². The number of hydroxylamine groups is 1. The number of hydrogen-bond donors (Lipinski definition) is 0. The van der Waals surface area contributed by atoms with Crippen LogP contribution in [0.3, 0.4) is 0 Å². The van der Waals surface area contributed by atoms with Crippen LogP contribution < -0.4 is 0 Å². The lowest BCUT2D eigenvalue weighted by atomic mass is 10.9. The van der Waals surface area contributed by atoms with E-state index in [0.717, 1.165) is 4.74 Å². The highest BCUT2D eigenvalue weighted by Crippen LogP contribution is 1.47. The molecule has 0 aliphatic heterocycles. The third kappa shape index (κ3) is 9.80. The topological polar surface area (TPSA) is 26.1 Å². The van der Waals surface area contributed by atoms with Crippen molar-refractivity contribution in [2.75, 3.05) is 7.05 Å². The molecule has 0 amide bonds. The summed E-state index contributed by atoms with van der Waals surface area (Å²) in [5.41, 5.74) is 0. The van der Waals surface area contributed by atoms with Crippen LogP contribution >= 0.6 is 0 Å². The predicted octanol–water partition coefficient (Wildman–Crippen LogP) is 0.853. The van der Waals surface area contributed by atoms with E-state index in [1.807, 2.05) is 0 Å². The largest absolute Gasteiger partial charge is 0.624 e. The summed E-state index contributed by atoms with van der Waals surface area (Å²) in [6.07, 6.45) is 1.44. The molecule has 0 unspecified atom stereocenters. The van der Waals surface area contributed by atoms with E-state index in [1.54, 1.807) is 6.92 Å². The Hall–Kier alpha value is -0.530. The SMILES string of the molecule is C.CC=[N+](C)[O-]. The van der Waals surface area contributed by atoms with Crippen molar-refractivity contribution in [1.29, 1.82) is 0 Å². The smallest absolute Gasteiger partial charge is 0.147 e. The molecule has 0 aromatic rings. The van der Waals surface area contributed by atoms with Crippen LogP contribution in [0.25, 0.3) is 0 Å². The molecule has 0 saturated heterocycles. The van der Waals surface area contributed by atoms with Gasteiger partial charge in [-0.3, -0.25) is 0 Å². The summed E-state index contributed by atoms with van der Waals surface area (Å²) in [5.74, 6) is 0. The highest BCUT2D eigenvalue weighted by molar-refractivity contribution is 5.46. The average molecular weight is 89.1 g/mol. The Kier molecular flexibility index (Phi) is 6.76. The Balaban J connectivity index is 0. The van der Waals surface area contributed by atoms with Gasteiger partial charge in [0.15, 0.2) is 0 Å². The monoisotopic (exact) mass is 89.1 g/mol. The van der Waals surface area contributed by atoms with E-state index in [9.17, 15) is 5.21 Å². The fraction of sp³-hybridized carbons (Fsp3) is 0.750. The summed E-state index contributed by atoms with van der Waals surface area (Å²) < 4.78 is 0.750. The van der Waals surface area contributed by atoms with Gasteiger partial charge in [0.05, 0.1) is 0 Å². The third-order valence-corrected chi connectivity index (χ3v) is 0.364. The van der Waals surface area contributed by atoms with E-state index in [4.69, 9.17) is 0 Å². The van der Waals surface area contributed by atoms with Crippen molar-refractivity contribution >= 4 is 6.21 Å². The molecular formula is C4H11NO. The molecule has 0 aliphatic rings. The molecule has 38 valence electrons. The van der Waals surface area contributed by atoms with Gasteiger partial charge in [-0.05, 0) is 0 Å². The van der Waals surface area contributed by atoms with E-state index in [0.29, 0.717) is 0 Å². The van der Waals surface area contributed by atoms with Gasteiger partial charge in [-0.25, -0.2) is 4.74 Å². The lowest BCUT2D eigenvalue weighted by Gasteiger charge is -1.86. The molecule has 0 N–H and O–H groups in total. The van der Waals surface area contributed by atoms with Crippen molar-refractivity contribution in [3.05, 3.63) is 5.21 Å². The molecule has 0 fully saturated rings.